The van der Waals surface area contributed by atoms with Crippen LogP contribution in [0.2, 0.25) is 0 Å². The molecule has 0 saturated carbocycles. The minimum atomic E-state index is -2.39. The van der Waals surface area contributed by atoms with Crippen LogP contribution in [0.1, 0.15) is 45.6 Å². The smallest absolute Gasteiger partial charge is 0.819 e. The van der Waals surface area contributed by atoms with Crippen molar-refractivity contribution in [2.24, 2.45) is 0 Å². The van der Waals surface area contributed by atoms with E-state index in [4.69, 9.17) is 62.2 Å². The summed E-state index contributed by atoms with van der Waals surface area (Å²) in [6.45, 7) is 0. The number of rotatable bonds is 10. The van der Waals surface area contributed by atoms with Crippen molar-refractivity contribution in [3.05, 3.63) is 303 Å². The first-order valence-electron chi connectivity index (χ1n) is 20.5. The van der Waals surface area contributed by atoms with E-state index in [-0.39, 0.29) is 132 Å². The van der Waals surface area contributed by atoms with Crippen LogP contribution in [0.4, 0.5) is 0 Å². The summed E-state index contributed by atoms with van der Waals surface area (Å²) in [4.78, 5) is 50.9. The molecule has 0 bridgehead atoms. The first-order valence-corrected chi connectivity index (χ1v) is 20.5. The fourth-order valence-electron chi connectivity index (χ4n) is 5.43. The van der Waals surface area contributed by atoms with E-state index in [1.54, 1.807) is 146 Å². The van der Waals surface area contributed by atoms with E-state index in [9.17, 15) is 30.6 Å². The molecule has 0 radical (unpaired) electrons. The van der Waals surface area contributed by atoms with Crippen molar-refractivity contribution in [2.75, 3.05) is 14.2 Å². The van der Waals surface area contributed by atoms with E-state index in [1.807, 2.05) is 0 Å². The SMILES string of the molecule is COC([O-])(c1ccccn1)c1ccccn1.COC([O-])(c1ccccn1)c1ccccn1.O=[N+]([O-])[O-].O=[N+]([O-])[O-].[Cd+2].[Cd+2].[Cd+2].[Cd+2].[N-]=[N+]=[N-].[N-]=[N+]=[N-].[O-]C(O)(c1ccccn1)c1ccccn1.[O-]C(O)(c1ccccn1)c1ccccn1. The molecule has 80 heavy (non-hydrogen) atoms. The van der Waals surface area contributed by atoms with Gasteiger partial charge in [0.2, 0.25) is 0 Å². The van der Waals surface area contributed by atoms with Crippen LogP contribution in [0.15, 0.2) is 195 Å². The standard InChI is InChI=1S/2C12H11N2O2.2C11H9N2O2.4Cd.2N3.2NO3/c2*1-16-12(15,10-6-2-4-8-13-10)11-7-3-5-9-14-11;2*14-11(15,9-5-1-3-7-12-9)10-6-2-4-8-13-10;;;;;2*1-3-2;2*2-1(3)4/h2*2-9H,1H3;2*1-8,14H;;;;;;;;/q4*-1;4*+2;4*-1. The Balaban J connectivity index is -0.000000439. The fraction of sp³-hybridized carbons (Fsp3) is 0.130. The summed E-state index contributed by atoms with van der Waals surface area (Å²) in [7, 11) is 2.72. The van der Waals surface area contributed by atoms with Crippen LogP contribution >= 0.6 is 0 Å². The van der Waals surface area contributed by atoms with Crippen molar-refractivity contribution in [3.8, 4) is 0 Å². The predicted molar refractivity (Wildman–Crippen MR) is 256 cm³/mol. The van der Waals surface area contributed by atoms with E-state index in [2.05, 4.69) is 39.9 Å². The molecule has 8 aromatic rings. The van der Waals surface area contributed by atoms with Gasteiger partial charge in [0.15, 0.2) is 0 Å². The Morgan fingerprint density at radius 3 is 0.588 bits per heavy atom. The largest absolute Gasteiger partial charge is 2.00 e. The average Bonchev–Trinajstić information content (AvgIpc) is 3.45. The molecule has 0 saturated heterocycles. The summed E-state index contributed by atoms with van der Waals surface area (Å²) in [5.74, 6) is -8.46. The van der Waals surface area contributed by atoms with Crippen molar-refractivity contribution in [1.82, 2.24) is 39.9 Å². The number of aliphatic hydroxyl groups is 2. The number of aromatic nitrogens is 8. The van der Waals surface area contributed by atoms with Gasteiger partial charge in [-0.1, -0.05) is 48.5 Å². The molecular formula is C46H40Cd4N16O14. The number of hydrogen-bond donors (Lipinski definition) is 2. The maximum absolute atomic E-state index is 12.5. The maximum atomic E-state index is 12.5. The van der Waals surface area contributed by atoms with Gasteiger partial charge >= 0.3 is 109 Å². The van der Waals surface area contributed by atoms with Crippen LogP contribution in [0, 0.1) is 30.6 Å². The third-order valence-corrected chi connectivity index (χ3v) is 8.63. The maximum Gasteiger partial charge on any atom is 2.00 e. The average molecular weight is 1490 g/mol. The summed E-state index contributed by atoms with van der Waals surface area (Å²) in [6, 6.07) is 39.7. The van der Waals surface area contributed by atoms with E-state index >= 15 is 0 Å². The molecular weight excluding hydrogens is 1450 g/mol. The van der Waals surface area contributed by atoms with Crippen LogP contribution in [-0.2, 0) is 142 Å². The number of ether oxygens (including phenoxy) is 2. The molecule has 0 amide bonds. The molecule has 0 aliphatic heterocycles. The molecule has 0 aromatic carbocycles. The molecule has 396 valence electrons. The van der Waals surface area contributed by atoms with E-state index in [0.29, 0.717) is 22.8 Å². The van der Waals surface area contributed by atoms with Crippen molar-refractivity contribution >= 4 is 0 Å². The second-order valence-corrected chi connectivity index (χ2v) is 13.3. The minimum absolute atomic E-state index is 0. The molecule has 0 aliphatic rings. The van der Waals surface area contributed by atoms with Crippen molar-refractivity contribution in [1.29, 1.82) is 0 Å². The normalized spacial score (nSPS) is 9.60. The van der Waals surface area contributed by atoms with E-state index < -0.39 is 33.3 Å². The van der Waals surface area contributed by atoms with Crippen LogP contribution in [0.25, 0.3) is 31.9 Å². The third-order valence-electron chi connectivity index (χ3n) is 8.63. The van der Waals surface area contributed by atoms with Crippen molar-refractivity contribution in [3.63, 3.8) is 0 Å². The van der Waals surface area contributed by atoms with Gasteiger partial charge < -0.3 is 92.9 Å². The molecule has 0 atom stereocenters. The summed E-state index contributed by atoms with van der Waals surface area (Å²) >= 11 is 0. The molecule has 0 aliphatic carbocycles. The van der Waals surface area contributed by atoms with Crippen molar-refractivity contribution < 1.29 is 159 Å². The number of pyridine rings is 8. The van der Waals surface area contributed by atoms with Gasteiger partial charge in [-0.15, -0.1) is 0 Å². The molecule has 0 unspecified atom stereocenters. The number of nitrogens with zero attached hydrogens (tertiary/aromatic N) is 16. The Morgan fingerprint density at radius 1 is 0.362 bits per heavy atom. The molecule has 8 rings (SSSR count). The number of hydrogen-bond acceptors (Lipinski definition) is 22. The van der Waals surface area contributed by atoms with Gasteiger partial charge in [0.05, 0.1) is 78.9 Å². The molecule has 2 N–H and O–H groups in total. The van der Waals surface area contributed by atoms with Gasteiger partial charge in [0, 0.05) is 63.8 Å². The van der Waals surface area contributed by atoms with Crippen LogP contribution in [-0.4, -0.2) is 74.5 Å². The fourth-order valence-corrected chi connectivity index (χ4v) is 5.43. The van der Waals surface area contributed by atoms with Crippen LogP contribution in [0.5, 0.6) is 0 Å². The predicted octanol–water partition coefficient (Wildman–Crippen LogP) is 2.67. The third kappa shape index (κ3) is 28.6. The van der Waals surface area contributed by atoms with E-state index in [0.717, 1.165) is 0 Å². The minimum Gasteiger partial charge on any atom is -0.819 e. The van der Waals surface area contributed by atoms with Crippen molar-refractivity contribution in [2.45, 2.75) is 23.1 Å². The zero-order chi connectivity index (χ0) is 56.9. The molecule has 34 heteroatoms. The monoisotopic (exact) mass is 1500 g/mol. The molecule has 0 spiro atoms. The first-order chi connectivity index (χ1) is 36.3. The second-order valence-electron chi connectivity index (χ2n) is 13.3. The van der Waals surface area contributed by atoms with Gasteiger partial charge in [-0.05, 0) is 97.1 Å². The molecule has 0 fully saturated rings. The Morgan fingerprint density at radius 2 is 0.487 bits per heavy atom. The zero-order valence-electron chi connectivity index (χ0n) is 42.3. The molecule has 8 aromatic heterocycles. The summed E-state index contributed by atoms with van der Waals surface area (Å²) in [5.41, 5.74) is 28.4. The van der Waals surface area contributed by atoms with Gasteiger partial charge in [-0.25, -0.2) is 0 Å². The Hall–Kier alpha value is -6.41. The molecule has 8 heterocycles. The second kappa shape index (κ2) is 44.3. The summed E-state index contributed by atoms with van der Waals surface area (Å²) < 4.78 is 10.1. The summed E-state index contributed by atoms with van der Waals surface area (Å²) in [5, 5.41) is 98.0. The summed E-state index contributed by atoms with van der Waals surface area (Å²) in [6.07, 6.45) is 12.1. The van der Waals surface area contributed by atoms with Gasteiger partial charge in [0.1, 0.15) is 0 Å². The van der Waals surface area contributed by atoms with Crippen LogP contribution in [0.3, 0.4) is 0 Å². The van der Waals surface area contributed by atoms with Gasteiger partial charge in [-0.2, -0.15) is 0 Å². The topological polar surface area (TPSA) is 504 Å². The Labute approximate surface area is 535 Å². The van der Waals surface area contributed by atoms with Crippen LogP contribution < -0.4 is 20.4 Å². The van der Waals surface area contributed by atoms with E-state index in [1.165, 1.54) is 73.1 Å². The van der Waals surface area contributed by atoms with Gasteiger partial charge in [0.25, 0.3) is 0 Å². The Kier molecular flexibility index (Phi) is 44.4. The zero-order valence-corrected chi connectivity index (χ0v) is 58.4. The molecule has 30 nitrogen and oxygen atoms in total. The Bertz CT molecular complexity index is 2540. The quantitative estimate of drug-likeness (QED) is 0.0378. The number of methoxy groups -OCH3 is 2. The van der Waals surface area contributed by atoms with Gasteiger partial charge in [-0.3, -0.25) is 49.7 Å². The first kappa shape index (κ1) is 80.1.